The van der Waals surface area contributed by atoms with Gasteiger partial charge in [-0.15, -0.1) is 0 Å². The van der Waals surface area contributed by atoms with Crippen molar-refractivity contribution in [3.05, 3.63) is 0 Å². The fraction of sp³-hybridized carbons (Fsp3) is 0.867. The molecule has 2 saturated heterocycles. The van der Waals surface area contributed by atoms with Crippen molar-refractivity contribution in [2.45, 2.75) is 39.2 Å². The summed E-state index contributed by atoms with van der Waals surface area (Å²) in [5.41, 5.74) is 0. The summed E-state index contributed by atoms with van der Waals surface area (Å²) >= 11 is 1.74. The Labute approximate surface area is 131 Å². The first kappa shape index (κ1) is 16.5. The summed E-state index contributed by atoms with van der Waals surface area (Å²) < 4.78 is 0. The lowest BCUT2D eigenvalue weighted by Crippen LogP contribution is -2.54. The molecule has 2 aliphatic heterocycles. The Morgan fingerprint density at radius 3 is 2.48 bits per heavy atom. The van der Waals surface area contributed by atoms with E-state index in [1.807, 2.05) is 4.90 Å². The Morgan fingerprint density at radius 1 is 1.24 bits per heavy atom. The van der Waals surface area contributed by atoms with Crippen molar-refractivity contribution in [3.63, 3.8) is 0 Å². The molecule has 0 bridgehead atoms. The highest BCUT2D eigenvalue weighted by Crippen LogP contribution is 2.27. The second-order valence-electron chi connectivity index (χ2n) is 6.37. The number of aliphatic carboxylic acids is 1. The minimum Gasteiger partial charge on any atom is -0.481 e. The summed E-state index contributed by atoms with van der Waals surface area (Å²) in [6, 6.07) is -0.111. The number of likely N-dealkylation sites (tertiary alicyclic amines) is 1. The highest BCUT2D eigenvalue weighted by atomic mass is 32.2. The Hall–Kier alpha value is -0.910. The van der Waals surface area contributed by atoms with Crippen molar-refractivity contribution in [2.24, 2.45) is 11.8 Å². The first-order chi connectivity index (χ1) is 9.99. The second kappa shape index (κ2) is 7.38. The molecule has 1 atom stereocenters. The molecule has 21 heavy (non-hydrogen) atoms. The van der Waals surface area contributed by atoms with Gasteiger partial charge < -0.3 is 14.9 Å². The predicted octanol–water partition coefficient (Wildman–Crippen LogP) is 2.37. The molecule has 2 rings (SSSR count). The van der Waals surface area contributed by atoms with Crippen LogP contribution >= 0.6 is 11.8 Å². The highest BCUT2D eigenvalue weighted by molar-refractivity contribution is 7.99. The topological polar surface area (TPSA) is 60.9 Å². The van der Waals surface area contributed by atoms with E-state index in [0.717, 1.165) is 37.4 Å². The predicted molar refractivity (Wildman–Crippen MR) is 84.6 cm³/mol. The number of carbonyl (C=O) groups excluding carboxylic acids is 1. The molecule has 5 nitrogen and oxygen atoms in total. The zero-order valence-corrected chi connectivity index (χ0v) is 13.8. The second-order valence-corrected chi connectivity index (χ2v) is 7.52. The van der Waals surface area contributed by atoms with Crippen LogP contribution in [0.5, 0.6) is 0 Å². The van der Waals surface area contributed by atoms with E-state index in [2.05, 4.69) is 13.8 Å². The number of hydrogen-bond donors (Lipinski definition) is 1. The molecule has 0 radical (unpaired) electrons. The summed E-state index contributed by atoms with van der Waals surface area (Å²) in [6.45, 7) is 6.78. The quantitative estimate of drug-likeness (QED) is 0.869. The van der Waals surface area contributed by atoms with Gasteiger partial charge in [-0.05, 0) is 24.7 Å². The number of hydrogen-bond acceptors (Lipinski definition) is 3. The lowest BCUT2D eigenvalue weighted by atomic mass is 9.87. The number of nitrogens with zero attached hydrogens (tertiary/aromatic N) is 2. The number of carboxylic acids is 1. The average Bonchev–Trinajstić information content (AvgIpc) is 2.46. The Kier molecular flexibility index (Phi) is 5.79. The maximum absolute atomic E-state index is 12.7. The fourth-order valence-electron chi connectivity index (χ4n) is 3.22. The molecule has 0 spiro atoms. The molecule has 0 aromatic rings. The lowest BCUT2D eigenvalue weighted by molar-refractivity contribution is -0.138. The van der Waals surface area contributed by atoms with Crippen LogP contribution < -0.4 is 0 Å². The molecule has 120 valence electrons. The van der Waals surface area contributed by atoms with Crippen LogP contribution in [0.4, 0.5) is 4.79 Å². The largest absolute Gasteiger partial charge is 0.481 e. The van der Waals surface area contributed by atoms with E-state index in [1.54, 1.807) is 16.7 Å². The molecular formula is C15H26N2O3S. The summed E-state index contributed by atoms with van der Waals surface area (Å²) in [4.78, 5) is 27.4. The van der Waals surface area contributed by atoms with E-state index in [0.29, 0.717) is 18.4 Å². The van der Waals surface area contributed by atoms with E-state index < -0.39 is 5.97 Å². The maximum atomic E-state index is 12.7. The Bertz CT molecular complexity index is 381. The molecule has 6 heteroatoms. The normalized spacial score (nSPS) is 24.4. The monoisotopic (exact) mass is 314 g/mol. The van der Waals surface area contributed by atoms with E-state index in [9.17, 15) is 9.59 Å². The molecule has 2 fully saturated rings. The van der Waals surface area contributed by atoms with Gasteiger partial charge in [0.15, 0.2) is 0 Å². The Balaban J connectivity index is 1.93. The molecular weight excluding hydrogens is 288 g/mol. The molecule has 0 aromatic carbocycles. The smallest absolute Gasteiger partial charge is 0.320 e. The maximum Gasteiger partial charge on any atom is 0.320 e. The van der Waals surface area contributed by atoms with Crippen LogP contribution in [0.3, 0.4) is 0 Å². The van der Waals surface area contributed by atoms with Crippen molar-refractivity contribution < 1.29 is 14.7 Å². The van der Waals surface area contributed by atoms with Gasteiger partial charge in [0.1, 0.15) is 0 Å². The molecule has 0 saturated carbocycles. The number of carbonyl (C=O) groups is 2. The third kappa shape index (κ3) is 4.28. The third-order valence-electron chi connectivity index (χ3n) is 4.64. The van der Waals surface area contributed by atoms with Crippen LogP contribution in [-0.2, 0) is 4.79 Å². The highest BCUT2D eigenvalue weighted by Gasteiger charge is 2.33. The molecule has 2 amide bonds. The molecule has 0 aromatic heterocycles. The summed E-state index contributed by atoms with van der Waals surface area (Å²) in [6.07, 6.45) is 2.19. The first-order valence-electron chi connectivity index (χ1n) is 7.84. The SMILES string of the molecule is CC(C)C1CCN(C(=O)N2CCSCC2CC(=O)O)CC1. The van der Waals surface area contributed by atoms with Crippen LogP contribution in [0.25, 0.3) is 0 Å². The summed E-state index contributed by atoms with van der Waals surface area (Å²) in [5, 5.41) is 9.01. The van der Waals surface area contributed by atoms with Crippen LogP contribution in [-0.4, -0.2) is 64.1 Å². The minimum atomic E-state index is -0.821. The van der Waals surface area contributed by atoms with Gasteiger partial charge in [-0.2, -0.15) is 11.8 Å². The van der Waals surface area contributed by atoms with Crippen molar-refractivity contribution in [1.82, 2.24) is 9.80 Å². The number of piperidine rings is 1. The third-order valence-corrected chi connectivity index (χ3v) is 5.73. The van der Waals surface area contributed by atoms with Gasteiger partial charge in [-0.25, -0.2) is 4.79 Å². The van der Waals surface area contributed by atoms with Gasteiger partial charge in [0.05, 0.1) is 12.5 Å². The van der Waals surface area contributed by atoms with Crippen molar-refractivity contribution >= 4 is 23.8 Å². The first-order valence-corrected chi connectivity index (χ1v) is 8.99. The lowest BCUT2D eigenvalue weighted by Gasteiger charge is -2.41. The van der Waals surface area contributed by atoms with E-state index in [1.165, 1.54) is 0 Å². The van der Waals surface area contributed by atoms with E-state index in [4.69, 9.17) is 5.11 Å². The molecule has 0 aliphatic carbocycles. The zero-order chi connectivity index (χ0) is 15.4. The van der Waals surface area contributed by atoms with Crippen molar-refractivity contribution in [2.75, 3.05) is 31.1 Å². The van der Waals surface area contributed by atoms with Crippen molar-refractivity contribution in [1.29, 1.82) is 0 Å². The minimum absolute atomic E-state index is 0.0451. The molecule has 1 unspecified atom stereocenters. The van der Waals surface area contributed by atoms with Crippen LogP contribution in [0.15, 0.2) is 0 Å². The number of thioether (sulfide) groups is 1. The van der Waals surface area contributed by atoms with Gasteiger partial charge in [-0.1, -0.05) is 13.8 Å². The molecule has 2 heterocycles. The molecule has 2 aliphatic rings. The van der Waals surface area contributed by atoms with Gasteiger partial charge in [0.2, 0.25) is 0 Å². The number of urea groups is 1. The average molecular weight is 314 g/mol. The van der Waals surface area contributed by atoms with Crippen molar-refractivity contribution in [3.8, 4) is 0 Å². The number of carboxylic acid groups (broad SMARTS) is 1. The van der Waals surface area contributed by atoms with Crippen LogP contribution in [0.2, 0.25) is 0 Å². The zero-order valence-electron chi connectivity index (χ0n) is 13.0. The van der Waals surface area contributed by atoms with Gasteiger partial charge in [-0.3, -0.25) is 4.79 Å². The fourth-order valence-corrected chi connectivity index (χ4v) is 4.28. The van der Waals surface area contributed by atoms with E-state index in [-0.39, 0.29) is 18.5 Å². The molecule has 1 N–H and O–H groups in total. The van der Waals surface area contributed by atoms with Gasteiger partial charge in [0.25, 0.3) is 0 Å². The van der Waals surface area contributed by atoms with Gasteiger partial charge >= 0.3 is 12.0 Å². The number of amides is 2. The summed E-state index contributed by atoms with van der Waals surface area (Å²) in [5.74, 6) is 2.21. The Morgan fingerprint density at radius 2 is 1.90 bits per heavy atom. The number of rotatable bonds is 3. The van der Waals surface area contributed by atoms with Crippen LogP contribution in [0.1, 0.15) is 33.1 Å². The summed E-state index contributed by atoms with van der Waals surface area (Å²) in [7, 11) is 0. The van der Waals surface area contributed by atoms with Crippen LogP contribution in [0, 0.1) is 11.8 Å². The van der Waals surface area contributed by atoms with E-state index >= 15 is 0 Å². The standard InChI is InChI=1S/C15H26N2O3S/c1-11(2)12-3-5-16(6-4-12)15(20)17-7-8-21-10-13(17)9-14(18)19/h11-13H,3-10H2,1-2H3,(H,18,19). The van der Waals surface area contributed by atoms with Gasteiger partial charge in [0, 0.05) is 31.1 Å².